The summed E-state index contributed by atoms with van der Waals surface area (Å²) in [5.41, 5.74) is -1.02. The van der Waals surface area contributed by atoms with Crippen LogP contribution in [0.15, 0.2) is 52.1 Å². The molecule has 0 amide bonds. The molecule has 1 atom stereocenters. The Kier molecular flexibility index (Phi) is 7.08. The van der Waals surface area contributed by atoms with Crippen molar-refractivity contribution in [1.29, 1.82) is 5.26 Å². The Hall–Kier alpha value is -4.19. The van der Waals surface area contributed by atoms with Gasteiger partial charge in [-0.15, -0.1) is 0 Å². The van der Waals surface area contributed by atoms with Crippen LogP contribution in [-0.2, 0) is 30.0 Å². The summed E-state index contributed by atoms with van der Waals surface area (Å²) in [6.45, 7) is 1.80. The number of nitrogens with zero attached hydrogens (tertiary/aromatic N) is 3. The first kappa shape index (κ1) is 23.5. The SMILES string of the molecule is CCOC(=O)[C@@H](Cc1cccc2ccccc12)Nc1c(C(=O)CC#N)c(=O)n(C)c(=O)n1C. The normalized spacial score (nSPS) is 11.6. The van der Waals surface area contributed by atoms with Crippen molar-refractivity contribution in [2.75, 3.05) is 11.9 Å². The molecule has 0 radical (unpaired) electrons. The fourth-order valence-electron chi connectivity index (χ4n) is 3.72. The Labute approximate surface area is 189 Å². The molecule has 3 rings (SSSR count). The minimum absolute atomic E-state index is 0.123. The van der Waals surface area contributed by atoms with Gasteiger partial charge in [0.05, 0.1) is 19.1 Å². The van der Waals surface area contributed by atoms with Crippen molar-refractivity contribution >= 4 is 28.3 Å². The molecule has 0 spiro atoms. The Morgan fingerprint density at radius 1 is 1.09 bits per heavy atom. The number of hydrogen-bond donors (Lipinski definition) is 1. The second kappa shape index (κ2) is 9.96. The van der Waals surface area contributed by atoms with Crippen LogP contribution in [0.2, 0.25) is 0 Å². The maximum absolute atomic E-state index is 12.9. The third-order valence-corrected chi connectivity index (χ3v) is 5.37. The molecule has 0 bridgehead atoms. The summed E-state index contributed by atoms with van der Waals surface area (Å²) < 4.78 is 7.10. The van der Waals surface area contributed by atoms with Crippen molar-refractivity contribution in [1.82, 2.24) is 9.13 Å². The number of aromatic nitrogens is 2. The van der Waals surface area contributed by atoms with E-state index >= 15 is 0 Å². The number of benzene rings is 2. The molecule has 0 fully saturated rings. The average Bonchev–Trinajstić information content (AvgIpc) is 2.81. The van der Waals surface area contributed by atoms with Gasteiger partial charge in [0.15, 0.2) is 5.78 Å². The largest absolute Gasteiger partial charge is 0.464 e. The standard InChI is InChI=1S/C24H24N4O5/c1-4-33-23(31)18(14-16-10-7-9-15-8-5-6-11-17(15)16)26-21-20(19(29)12-13-25)22(30)28(3)24(32)27(21)2/h5-11,18,26H,4,12,14H2,1-3H3/t18-/m1/s1. The lowest BCUT2D eigenvalue weighted by molar-refractivity contribution is -0.144. The number of carbonyl (C=O) groups is 2. The molecule has 33 heavy (non-hydrogen) atoms. The topological polar surface area (TPSA) is 123 Å². The van der Waals surface area contributed by atoms with Crippen LogP contribution in [0.3, 0.4) is 0 Å². The molecule has 0 aliphatic rings. The Morgan fingerprint density at radius 3 is 2.48 bits per heavy atom. The zero-order chi connectivity index (χ0) is 24.1. The summed E-state index contributed by atoms with van der Waals surface area (Å²) >= 11 is 0. The Bertz CT molecular complexity index is 1380. The number of esters is 1. The van der Waals surface area contributed by atoms with Gasteiger partial charge in [-0.05, 0) is 23.3 Å². The van der Waals surface area contributed by atoms with Crippen LogP contribution in [0.1, 0.15) is 29.3 Å². The molecule has 9 nitrogen and oxygen atoms in total. The van der Waals surface area contributed by atoms with Gasteiger partial charge in [0, 0.05) is 20.5 Å². The summed E-state index contributed by atoms with van der Waals surface area (Å²) in [6, 6.07) is 14.1. The van der Waals surface area contributed by atoms with Gasteiger partial charge in [-0.2, -0.15) is 5.26 Å². The van der Waals surface area contributed by atoms with Gasteiger partial charge in [-0.3, -0.25) is 18.7 Å². The van der Waals surface area contributed by atoms with E-state index in [-0.39, 0.29) is 24.4 Å². The van der Waals surface area contributed by atoms with E-state index < -0.39 is 35.5 Å². The van der Waals surface area contributed by atoms with Crippen LogP contribution < -0.4 is 16.6 Å². The highest BCUT2D eigenvalue weighted by atomic mass is 16.5. The molecule has 0 aliphatic carbocycles. The Morgan fingerprint density at radius 2 is 1.79 bits per heavy atom. The lowest BCUT2D eigenvalue weighted by Gasteiger charge is -2.22. The highest BCUT2D eigenvalue weighted by molar-refractivity contribution is 6.01. The van der Waals surface area contributed by atoms with Gasteiger partial charge in [0.25, 0.3) is 5.56 Å². The number of nitriles is 1. The quantitative estimate of drug-likeness (QED) is 0.412. The number of hydrogen-bond acceptors (Lipinski definition) is 7. The van der Waals surface area contributed by atoms with Crippen LogP contribution in [-0.4, -0.2) is 33.5 Å². The number of carbonyl (C=O) groups excluding carboxylic acids is 2. The molecule has 0 aliphatic heterocycles. The van der Waals surface area contributed by atoms with E-state index in [4.69, 9.17) is 10.00 Å². The zero-order valence-corrected chi connectivity index (χ0v) is 18.6. The molecule has 1 heterocycles. The summed E-state index contributed by atoms with van der Waals surface area (Å²) in [5, 5.41) is 13.8. The number of nitrogens with one attached hydrogen (secondary N) is 1. The predicted molar refractivity (Wildman–Crippen MR) is 123 cm³/mol. The van der Waals surface area contributed by atoms with E-state index in [1.807, 2.05) is 42.5 Å². The average molecular weight is 448 g/mol. The smallest absolute Gasteiger partial charge is 0.332 e. The van der Waals surface area contributed by atoms with E-state index in [9.17, 15) is 19.2 Å². The van der Waals surface area contributed by atoms with Crippen molar-refractivity contribution in [2.24, 2.45) is 14.1 Å². The molecule has 170 valence electrons. The first-order chi connectivity index (χ1) is 15.8. The van der Waals surface area contributed by atoms with Crippen molar-refractivity contribution in [3.05, 3.63) is 74.4 Å². The van der Waals surface area contributed by atoms with Crippen molar-refractivity contribution in [3.8, 4) is 6.07 Å². The lowest BCUT2D eigenvalue weighted by atomic mass is 9.98. The molecule has 1 N–H and O–H groups in total. The van der Waals surface area contributed by atoms with Gasteiger partial charge in [-0.1, -0.05) is 42.5 Å². The maximum atomic E-state index is 12.9. The van der Waals surface area contributed by atoms with Crippen LogP contribution in [0.4, 0.5) is 5.82 Å². The molecule has 9 heteroatoms. The molecular weight excluding hydrogens is 424 g/mol. The summed E-state index contributed by atoms with van der Waals surface area (Å²) in [4.78, 5) is 50.8. The molecule has 0 saturated heterocycles. The Balaban J connectivity index is 2.14. The molecule has 1 aromatic heterocycles. The summed E-state index contributed by atoms with van der Waals surface area (Å²) in [5.74, 6) is -1.47. The highest BCUT2D eigenvalue weighted by Gasteiger charge is 2.28. The van der Waals surface area contributed by atoms with Crippen LogP contribution in [0.5, 0.6) is 0 Å². The van der Waals surface area contributed by atoms with Gasteiger partial charge >= 0.3 is 11.7 Å². The molecule has 0 unspecified atom stereocenters. The summed E-state index contributed by atoms with van der Waals surface area (Å²) in [7, 11) is 2.63. The minimum atomic E-state index is -0.998. The van der Waals surface area contributed by atoms with Gasteiger partial charge in [0.2, 0.25) is 0 Å². The number of rotatable bonds is 8. The van der Waals surface area contributed by atoms with Crippen molar-refractivity contribution in [3.63, 3.8) is 0 Å². The van der Waals surface area contributed by atoms with Crippen LogP contribution in [0.25, 0.3) is 10.8 Å². The molecule has 3 aromatic rings. The minimum Gasteiger partial charge on any atom is -0.464 e. The molecule has 0 saturated carbocycles. The van der Waals surface area contributed by atoms with Gasteiger partial charge in [-0.25, -0.2) is 9.59 Å². The van der Waals surface area contributed by atoms with E-state index in [2.05, 4.69) is 5.32 Å². The third-order valence-electron chi connectivity index (χ3n) is 5.37. The fourth-order valence-corrected chi connectivity index (χ4v) is 3.72. The maximum Gasteiger partial charge on any atom is 0.332 e. The monoisotopic (exact) mass is 448 g/mol. The van der Waals surface area contributed by atoms with Gasteiger partial charge < -0.3 is 10.1 Å². The van der Waals surface area contributed by atoms with E-state index in [1.54, 1.807) is 13.0 Å². The van der Waals surface area contributed by atoms with E-state index in [1.165, 1.54) is 14.1 Å². The van der Waals surface area contributed by atoms with Crippen LogP contribution in [0, 0.1) is 11.3 Å². The fraction of sp³-hybridized carbons (Fsp3) is 0.292. The molecule has 2 aromatic carbocycles. The third kappa shape index (κ3) is 4.70. The lowest BCUT2D eigenvalue weighted by Crippen LogP contribution is -2.44. The number of Topliss-reactive ketones (excluding diaryl/α,β-unsaturated/α-hetero) is 1. The second-order valence-corrected chi connectivity index (χ2v) is 7.48. The predicted octanol–water partition coefficient (Wildman–Crippen LogP) is 1.92. The van der Waals surface area contributed by atoms with E-state index in [0.717, 1.165) is 25.5 Å². The first-order valence-corrected chi connectivity index (χ1v) is 10.4. The highest BCUT2D eigenvalue weighted by Crippen LogP contribution is 2.22. The van der Waals surface area contributed by atoms with Crippen molar-refractivity contribution in [2.45, 2.75) is 25.8 Å². The first-order valence-electron chi connectivity index (χ1n) is 10.4. The van der Waals surface area contributed by atoms with Gasteiger partial charge in [0.1, 0.15) is 17.4 Å². The number of anilines is 1. The zero-order valence-electron chi connectivity index (χ0n) is 18.6. The number of ether oxygens (including phenoxy) is 1. The van der Waals surface area contributed by atoms with E-state index in [0.29, 0.717) is 0 Å². The second-order valence-electron chi connectivity index (χ2n) is 7.48. The van der Waals surface area contributed by atoms with Crippen LogP contribution >= 0.6 is 0 Å². The number of fused-ring (bicyclic) bond motifs is 1. The summed E-state index contributed by atoms with van der Waals surface area (Å²) in [6.07, 6.45) is -0.370. The molecular formula is C24H24N4O5. The number of ketones is 1. The van der Waals surface area contributed by atoms with Crippen molar-refractivity contribution < 1.29 is 14.3 Å².